The molecule has 1 aromatic heterocycles. The Balaban J connectivity index is 2.49. The summed E-state index contributed by atoms with van der Waals surface area (Å²) in [6.45, 7) is 2.05. The Morgan fingerprint density at radius 1 is 1.35 bits per heavy atom. The van der Waals surface area contributed by atoms with Gasteiger partial charge in [-0.3, -0.25) is 0 Å². The van der Waals surface area contributed by atoms with Crippen molar-refractivity contribution in [1.82, 2.24) is 9.97 Å². The zero-order chi connectivity index (χ0) is 12.4. The SMILES string of the molecule is CNc1nc(-c2ccc(Br)c(C)c2)ncc1I. The van der Waals surface area contributed by atoms with E-state index >= 15 is 0 Å². The molecule has 1 aromatic carbocycles. The molecule has 5 heteroatoms. The number of benzene rings is 1. The second-order valence-corrected chi connectivity index (χ2v) is 5.62. The molecule has 3 nitrogen and oxygen atoms in total. The van der Waals surface area contributed by atoms with Crippen LogP contribution in [0, 0.1) is 10.5 Å². The molecule has 0 aliphatic carbocycles. The number of hydrogen-bond acceptors (Lipinski definition) is 3. The third kappa shape index (κ3) is 2.77. The van der Waals surface area contributed by atoms with Crippen LogP contribution in [0.1, 0.15) is 5.56 Å². The highest BCUT2D eigenvalue weighted by Gasteiger charge is 2.06. The van der Waals surface area contributed by atoms with E-state index in [0.717, 1.165) is 25.2 Å². The van der Waals surface area contributed by atoms with E-state index in [9.17, 15) is 0 Å². The van der Waals surface area contributed by atoms with Crippen LogP contribution in [0.5, 0.6) is 0 Å². The number of anilines is 1. The Morgan fingerprint density at radius 3 is 2.76 bits per heavy atom. The minimum Gasteiger partial charge on any atom is -0.372 e. The maximum Gasteiger partial charge on any atom is 0.161 e. The van der Waals surface area contributed by atoms with Gasteiger partial charge in [0.1, 0.15) is 5.82 Å². The van der Waals surface area contributed by atoms with E-state index in [0.29, 0.717) is 0 Å². The standard InChI is InChI=1S/C12H11BrIN3/c1-7-5-8(3-4-9(7)13)11-16-6-10(14)12(15-2)17-11/h3-6H,1-2H3,(H,15,16,17). The molecule has 2 aromatic rings. The third-order valence-corrected chi connectivity index (χ3v) is 4.08. The van der Waals surface area contributed by atoms with Crippen molar-refractivity contribution < 1.29 is 0 Å². The molecule has 0 radical (unpaired) electrons. The molecular formula is C12H11BrIN3. The number of nitrogens with one attached hydrogen (secondary N) is 1. The van der Waals surface area contributed by atoms with E-state index < -0.39 is 0 Å². The first-order chi connectivity index (χ1) is 8.11. The molecule has 0 aliphatic heterocycles. The van der Waals surface area contributed by atoms with Crippen LogP contribution in [0.4, 0.5) is 5.82 Å². The van der Waals surface area contributed by atoms with Crippen LogP contribution in [0.3, 0.4) is 0 Å². The average molecular weight is 404 g/mol. The topological polar surface area (TPSA) is 37.8 Å². The zero-order valence-electron chi connectivity index (χ0n) is 9.46. The van der Waals surface area contributed by atoms with Crippen LogP contribution in [0.2, 0.25) is 0 Å². The Morgan fingerprint density at radius 2 is 2.12 bits per heavy atom. The predicted molar refractivity (Wildman–Crippen MR) is 82.2 cm³/mol. The van der Waals surface area contributed by atoms with Crippen molar-refractivity contribution in [1.29, 1.82) is 0 Å². The van der Waals surface area contributed by atoms with Gasteiger partial charge in [0.25, 0.3) is 0 Å². The fourth-order valence-corrected chi connectivity index (χ4v) is 2.24. The van der Waals surface area contributed by atoms with Gasteiger partial charge in [0.05, 0.1) is 3.57 Å². The molecule has 0 saturated carbocycles. The van der Waals surface area contributed by atoms with Crippen molar-refractivity contribution in [2.75, 3.05) is 12.4 Å². The minimum absolute atomic E-state index is 0.741. The molecule has 0 unspecified atom stereocenters. The van der Waals surface area contributed by atoms with Gasteiger partial charge in [-0.05, 0) is 47.2 Å². The Kier molecular flexibility index (Phi) is 3.98. The van der Waals surface area contributed by atoms with E-state index in [1.165, 1.54) is 5.56 Å². The van der Waals surface area contributed by atoms with Gasteiger partial charge < -0.3 is 5.32 Å². The molecule has 2 rings (SSSR count). The van der Waals surface area contributed by atoms with Gasteiger partial charge in [-0.15, -0.1) is 0 Å². The summed E-state index contributed by atoms with van der Waals surface area (Å²) in [6.07, 6.45) is 1.83. The van der Waals surface area contributed by atoms with Gasteiger partial charge in [0.15, 0.2) is 5.82 Å². The summed E-state index contributed by atoms with van der Waals surface area (Å²) in [7, 11) is 1.86. The average Bonchev–Trinajstić information content (AvgIpc) is 2.33. The first-order valence-electron chi connectivity index (χ1n) is 5.08. The summed E-state index contributed by atoms with van der Waals surface area (Å²) in [5.74, 6) is 1.60. The predicted octanol–water partition coefficient (Wildman–Crippen LogP) is 3.86. The molecule has 0 spiro atoms. The van der Waals surface area contributed by atoms with E-state index in [4.69, 9.17) is 0 Å². The first-order valence-corrected chi connectivity index (χ1v) is 6.96. The smallest absolute Gasteiger partial charge is 0.161 e. The third-order valence-electron chi connectivity index (χ3n) is 2.40. The second-order valence-electron chi connectivity index (χ2n) is 3.60. The fraction of sp³-hybridized carbons (Fsp3) is 0.167. The molecule has 17 heavy (non-hydrogen) atoms. The van der Waals surface area contributed by atoms with Crippen LogP contribution >= 0.6 is 38.5 Å². The summed E-state index contributed by atoms with van der Waals surface area (Å²) < 4.78 is 2.11. The van der Waals surface area contributed by atoms with Crippen molar-refractivity contribution in [2.24, 2.45) is 0 Å². The quantitative estimate of drug-likeness (QED) is 0.773. The molecule has 88 valence electrons. The van der Waals surface area contributed by atoms with Crippen LogP contribution in [-0.2, 0) is 0 Å². The van der Waals surface area contributed by atoms with Gasteiger partial charge in [0.2, 0.25) is 0 Å². The first kappa shape index (κ1) is 12.8. The molecule has 0 aliphatic rings. The zero-order valence-corrected chi connectivity index (χ0v) is 13.2. The Hall–Kier alpha value is -0.690. The molecular weight excluding hydrogens is 393 g/mol. The number of rotatable bonds is 2. The van der Waals surface area contributed by atoms with Gasteiger partial charge >= 0.3 is 0 Å². The van der Waals surface area contributed by atoms with E-state index in [1.807, 2.05) is 25.4 Å². The molecule has 0 bridgehead atoms. The van der Waals surface area contributed by atoms with Crippen molar-refractivity contribution in [3.8, 4) is 11.4 Å². The summed E-state index contributed by atoms with van der Waals surface area (Å²) in [5, 5.41) is 3.06. The molecule has 1 N–H and O–H groups in total. The van der Waals surface area contributed by atoms with E-state index in [1.54, 1.807) is 0 Å². The molecule has 0 fully saturated rings. The Labute approximate surface area is 122 Å². The number of nitrogens with zero attached hydrogens (tertiary/aromatic N) is 2. The second kappa shape index (κ2) is 5.30. The number of aromatic nitrogens is 2. The van der Waals surface area contributed by atoms with Crippen LogP contribution in [0.25, 0.3) is 11.4 Å². The van der Waals surface area contributed by atoms with Gasteiger partial charge in [0, 0.05) is 23.3 Å². The highest BCUT2D eigenvalue weighted by Crippen LogP contribution is 2.24. The maximum absolute atomic E-state index is 4.49. The lowest BCUT2D eigenvalue weighted by Crippen LogP contribution is -1.99. The van der Waals surface area contributed by atoms with Crippen LogP contribution < -0.4 is 5.32 Å². The number of halogens is 2. The summed E-state index contributed by atoms with van der Waals surface area (Å²) in [4.78, 5) is 8.84. The maximum atomic E-state index is 4.49. The molecule has 0 amide bonds. The summed E-state index contributed by atoms with van der Waals surface area (Å²) in [6, 6.07) is 6.11. The monoisotopic (exact) mass is 403 g/mol. The lowest BCUT2D eigenvalue weighted by molar-refractivity contribution is 1.15. The van der Waals surface area contributed by atoms with E-state index in [2.05, 4.69) is 66.8 Å². The molecule has 0 atom stereocenters. The van der Waals surface area contributed by atoms with Gasteiger partial charge in [-0.2, -0.15) is 0 Å². The largest absolute Gasteiger partial charge is 0.372 e. The van der Waals surface area contributed by atoms with Crippen LogP contribution in [-0.4, -0.2) is 17.0 Å². The highest BCUT2D eigenvalue weighted by atomic mass is 127. The van der Waals surface area contributed by atoms with Gasteiger partial charge in [-0.25, -0.2) is 9.97 Å². The lowest BCUT2D eigenvalue weighted by atomic mass is 10.1. The lowest BCUT2D eigenvalue weighted by Gasteiger charge is -2.06. The summed E-state index contributed by atoms with van der Waals surface area (Å²) in [5.41, 5.74) is 2.20. The number of aryl methyl sites for hydroxylation is 1. The van der Waals surface area contributed by atoms with Crippen molar-refractivity contribution >= 4 is 44.3 Å². The van der Waals surface area contributed by atoms with Crippen LogP contribution in [0.15, 0.2) is 28.9 Å². The van der Waals surface area contributed by atoms with Gasteiger partial charge in [-0.1, -0.05) is 22.0 Å². The molecule has 1 heterocycles. The van der Waals surface area contributed by atoms with Crippen molar-refractivity contribution in [3.05, 3.63) is 38.0 Å². The van der Waals surface area contributed by atoms with Crippen molar-refractivity contribution in [2.45, 2.75) is 6.92 Å². The summed E-state index contributed by atoms with van der Waals surface area (Å²) >= 11 is 5.70. The molecule has 0 saturated heterocycles. The normalized spacial score (nSPS) is 10.4. The Bertz CT molecular complexity index is 557. The van der Waals surface area contributed by atoms with Crippen molar-refractivity contribution in [3.63, 3.8) is 0 Å². The van der Waals surface area contributed by atoms with E-state index in [-0.39, 0.29) is 0 Å². The number of hydrogen-bond donors (Lipinski definition) is 1. The fourth-order valence-electron chi connectivity index (χ4n) is 1.47. The minimum atomic E-state index is 0.741. The highest BCUT2D eigenvalue weighted by molar-refractivity contribution is 14.1.